The first-order valence-corrected chi connectivity index (χ1v) is 5.54. The van der Waals surface area contributed by atoms with Crippen LogP contribution in [0.3, 0.4) is 0 Å². The molecule has 0 unspecified atom stereocenters. The van der Waals surface area contributed by atoms with Gasteiger partial charge in [0, 0.05) is 5.56 Å². The van der Waals surface area contributed by atoms with E-state index in [4.69, 9.17) is 0 Å². The molecule has 3 aromatic carbocycles. The number of aliphatic hydroxyl groups excluding tert-OH is 1. The molecule has 0 radical (unpaired) electrons. The summed E-state index contributed by atoms with van der Waals surface area (Å²) in [6.45, 7) is 0. The molecule has 0 fully saturated rings. The molecule has 0 aliphatic heterocycles. The number of fused-ring (bicyclic) bond motifs is 3. The smallest absolute Gasteiger partial charge is 0.179 e. The summed E-state index contributed by atoms with van der Waals surface area (Å²) in [6.07, 6.45) is -1.44. The highest BCUT2D eigenvalue weighted by Crippen LogP contribution is 2.30. The molecule has 0 aromatic heterocycles. The molecule has 0 bridgehead atoms. The average Bonchev–Trinajstić information content (AvgIpc) is 2.37. The van der Waals surface area contributed by atoms with Gasteiger partial charge in [-0.1, -0.05) is 48.5 Å². The highest BCUT2D eigenvalue weighted by atomic mass is 16.5. The lowest BCUT2D eigenvalue weighted by Crippen LogP contribution is -1.96. The normalized spacial score (nSPS) is 11.5. The Kier molecular flexibility index (Phi) is 2.32. The van der Waals surface area contributed by atoms with Gasteiger partial charge >= 0.3 is 0 Å². The molecule has 2 heteroatoms. The lowest BCUT2D eigenvalue weighted by atomic mass is 9.97. The first kappa shape index (κ1) is 10.3. The van der Waals surface area contributed by atoms with Crippen LogP contribution in [0.5, 0.6) is 0 Å². The molecule has 0 saturated heterocycles. The predicted octanol–water partition coefficient (Wildman–Crippen LogP) is 2.98. The Bertz CT molecular complexity index is 687. The number of aliphatic hydroxyl groups is 2. The van der Waals surface area contributed by atoms with E-state index in [9.17, 15) is 10.2 Å². The van der Waals surface area contributed by atoms with Crippen LogP contribution in [0.1, 0.15) is 11.9 Å². The quantitative estimate of drug-likeness (QED) is 0.493. The third-order valence-corrected chi connectivity index (χ3v) is 3.08. The van der Waals surface area contributed by atoms with Gasteiger partial charge in [0.05, 0.1) is 0 Å². The van der Waals surface area contributed by atoms with Gasteiger partial charge in [-0.05, 0) is 27.6 Å². The van der Waals surface area contributed by atoms with Crippen molar-refractivity contribution < 1.29 is 10.2 Å². The molecular weight excluding hydrogens is 212 g/mol. The van der Waals surface area contributed by atoms with Crippen LogP contribution in [0.4, 0.5) is 0 Å². The maximum absolute atomic E-state index is 9.44. The second-order valence-corrected chi connectivity index (χ2v) is 4.11. The molecule has 0 aliphatic carbocycles. The Labute approximate surface area is 98.7 Å². The van der Waals surface area contributed by atoms with Crippen molar-refractivity contribution >= 4 is 21.5 Å². The molecule has 0 saturated carbocycles. The van der Waals surface area contributed by atoms with Crippen LogP contribution in [0.15, 0.2) is 54.6 Å². The van der Waals surface area contributed by atoms with E-state index < -0.39 is 6.29 Å². The Morgan fingerprint density at radius 1 is 0.706 bits per heavy atom. The second-order valence-electron chi connectivity index (χ2n) is 4.11. The molecule has 2 nitrogen and oxygen atoms in total. The van der Waals surface area contributed by atoms with Crippen LogP contribution in [0.2, 0.25) is 0 Å². The monoisotopic (exact) mass is 224 g/mol. The highest BCUT2D eigenvalue weighted by molar-refractivity contribution is 6.08. The maximum atomic E-state index is 9.44. The van der Waals surface area contributed by atoms with Crippen molar-refractivity contribution in [1.82, 2.24) is 0 Å². The van der Waals surface area contributed by atoms with Crippen molar-refractivity contribution in [2.75, 3.05) is 0 Å². The molecule has 0 amide bonds. The number of hydrogen-bond acceptors (Lipinski definition) is 2. The van der Waals surface area contributed by atoms with Crippen LogP contribution < -0.4 is 0 Å². The summed E-state index contributed by atoms with van der Waals surface area (Å²) in [5.74, 6) is 0. The van der Waals surface area contributed by atoms with Crippen LogP contribution in [0, 0.1) is 0 Å². The third kappa shape index (κ3) is 1.58. The van der Waals surface area contributed by atoms with Crippen molar-refractivity contribution in [3.05, 3.63) is 60.2 Å². The van der Waals surface area contributed by atoms with Crippen molar-refractivity contribution in [1.29, 1.82) is 0 Å². The fourth-order valence-corrected chi connectivity index (χ4v) is 2.30. The van der Waals surface area contributed by atoms with Crippen LogP contribution >= 0.6 is 0 Å². The first-order valence-electron chi connectivity index (χ1n) is 5.54. The van der Waals surface area contributed by atoms with Crippen molar-refractivity contribution in [2.45, 2.75) is 6.29 Å². The third-order valence-electron chi connectivity index (χ3n) is 3.08. The largest absolute Gasteiger partial charge is 0.364 e. The van der Waals surface area contributed by atoms with Gasteiger partial charge in [-0.2, -0.15) is 0 Å². The van der Waals surface area contributed by atoms with E-state index in [-0.39, 0.29) is 0 Å². The molecule has 84 valence electrons. The molecular formula is C15H12O2. The van der Waals surface area contributed by atoms with Gasteiger partial charge in [-0.3, -0.25) is 0 Å². The maximum Gasteiger partial charge on any atom is 0.179 e. The van der Waals surface area contributed by atoms with E-state index in [0.29, 0.717) is 5.56 Å². The van der Waals surface area contributed by atoms with Crippen molar-refractivity contribution in [3.63, 3.8) is 0 Å². The van der Waals surface area contributed by atoms with Gasteiger partial charge in [0.2, 0.25) is 0 Å². The minimum Gasteiger partial charge on any atom is -0.364 e. The summed E-state index contributed by atoms with van der Waals surface area (Å²) in [6, 6.07) is 17.6. The van der Waals surface area contributed by atoms with E-state index in [1.165, 1.54) is 0 Å². The summed E-state index contributed by atoms with van der Waals surface area (Å²) in [5.41, 5.74) is 0.555. The summed E-state index contributed by atoms with van der Waals surface area (Å²) >= 11 is 0. The molecule has 2 N–H and O–H groups in total. The lowest BCUT2D eigenvalue weighted by molar-refractivity contribution is -0.0412. The van der Waals surface area contributed by atoms with E-state index in [0.717, 1.165) is 21.5 Å². The minimum absolute atomic E-state index is 0.555. The molecule has 17 heavy (non-hydrogen) atoms. The zero-order valence-corrected chi connectivity index (χ0v) is 9.17. The molecule has 3 aromatic rings. The van der Waals surface area contributed by atoms with E-state index in [2.05, 4.69) is 0 Å². The van der Waals surface area contributed by atoms with Gasteiger partial charge in [0.15, 0.2) is 6.29 Å². The zero-order valence-electron chi connectivity index (χ0n) is 9.17. The minimum atomic E-state index is -1.44. The molecule has 0 spiro atoms. The number of hydrogen-bond donors (Lipinski definition) is 2. The van der Waals surface area contributed by atoms with Crippen LogP contribution in [0.25, 0.3) is 21.5 Å². The van der Waals surface area contributed by atoms with Crippen molar-refractivity contribution in [2.24, 2.45) is 0 Å². The molecule has 0 heterocycles. The summed E-state index contributed by atoms with van der Waals surface area (Å²) < 4.78 is 0. The van der Waals surface area contributed by atoms with Gasteiger partial charge in [-0.15, -0.1) is 0 Å². The van der Waals surface area contributed by atoms with Crippen molar-refractivity contribution in [3.8, 4) is 0 Å². The summed E-state index contributed by atoms with van der Waals surface area (Å²) in [5, 5.41) is 23.0. The Balaban J connectivity index is 2.55. The zero-order chi connectivity index (χ0) is 11.8. The SMILES string of the molecule is OC(O)c1cc2ccccc2c2ccccc12. The Morgan fingerprint density at radius 3 is 2.00 bits per heavy atom. The number of rotatable bonds is 1. The van der Waals surface area contributed by atoms with Crippen LogP contribution in [-0.4, -0.2) is 10.2 Å². The van der Waals surface area contributed by atoms with Gasteiger partial charge in [0.1, 0.15) is 0 Å². The first-order chi connectivity index (χ1) is 8.27. The predicted molar refractivity (Wildman–Crippen MR) is 68.6 cm³/mol. The topological polar surface area (TPSA) is 40.5 Å². The Hall–Kier alpha value is -1.90. The fourth-order valence-electron chi connectivity index (χ4n) is 2.30. The average molecular weight is 224 g/mol. The lowest BCUT2D eigenvalue weighted by Gasteiger charge is -2.11. The van der Waals surface area contributed by atoms with Gasteiger partial charge in [-0.25, -0.2) is 0 Å². The second kappa shape index (κ2) is 3.84. The molecule has 3 rings (SSSR count). The highest BCUT2D eigenvalue weighted by Gasteiger charge is 2.10. The van der Waals surface area contributed by atoms with Crippen LogP contribution in [-0.2, 0) is 0 Å². The summed E-state index contributed by atoms with van der Waals surface area (Å²) in [4.78, 5) is 0. The number of benzene rings is 3. The fraction of sp³-hybridized carbons (Fsp3) is 0.0667. The van der Waals surface area contributed by atoms with Gasteiger partial charge < -0.3 is 10.2 Å². The molecule has 0 aliphatic rings. The van der Waals surface area contributed by atoms with E-state index in [1.54, 1.807) is 0 Å². The summed E-state index contributed by atoms with van der Waals surface area (Å²) in [7, 11) is 0. The van der Waals surface area contributed by atoms with Gasteiger partial charge in [0.25, 0.3) is 0 Å². The van der Waals surface area contributed by atoms with E-state index in [1.807, 2.05) is 54.6 Å². The van der Waals surface area contributed by atoms with E-state index >= 15 is 0 Å². The standard InChI is InChI=1S/C15H12O2/c16-15(17)14-9-10-5-1-2-6-11(10)12-7-3-4-8-13(12)14/h1-9,15-17H. The molecule has 0 atom stereocenters. The Morgan fingerprint density at radius 2 is 1.29 bits per heavy atom.